The molecule has 2 aromatic carbocycles. The summed E-state index contributed by atoms with van der Waals surface area (Å²) in [6.45, 7) is 1.99. The van der Waals surface area contributed by atoms with Gasteiger partial charge in [-0.15, -0.1) is 0 Å². The van der Waals surface area contributed by atoms with Crippen molar-refractivity contribution in [1.82, 2.24) is 4.72 Å². The number of sulfonamides is 1. The molecule has 0 aliphatic carbocycles. The van der Waals surface area contributed by atoms with E-state index in [4.69, 9.17) is 11.6 Å². The van der Waals surface area contributed by atoms with E-state index in [1.807, 2.05) is 30.3 Å². The molecule has 19 heavy (non-hydrogen) atoms. The van der Waals surface area contributed by atoms with Gasteiger partial charge >= 0.3 is 0 Å². The van der Waals surface area contributed by atoms with Crippen LogP contribution in [-0.2, 0) is 16.6 Å². The predicted octanol–water partition coefficient (Wildman–Crippen LogP) is 3.13. The molecule has 0 heterocycles. The van der Waals surface area contributed by atoms with Crippen molar-refractivity contribution < 1.29 is 8.42 Å². The smallest absolute Gasteiger partial charge is 0.207 e. The van der Waals surface area contributed by atoms with E-state index in [1.165, 1.54) is 6.07 Å². The average Bonchev–Trinajstić information content (AvgIpc) is 2.37. The molecule has 100 valence electrons. The van der Waals surface area contributed by atoms with Crippen LogP contribution in [0.1, 0.15) is 11.1 Å². The third-order valence-electron chi connectivity index (χ3n) is 2.74. The molecular weight excluding hydrogens is 282 g/mol. The van der Waals surface area contributed by atoms with Crippen LogP contribution in [0.25, 0.3) is 0 Å². The van der Waals surface area contributed by atoms with Gasteiger partial charge in [-0.05, 0) is 36.2 Å². The average molecular weight is 296 g/mol. The zero-order valence-electron chi connectivity index (χ0n) is 10.4. The monoisotopic (exact) mass is 295 g/mol. The zero-order chi connectivity index (χ0) is 13.9. The summed E-state index contributed by atoms with van der Waals surface area (Å²) in [6, 6.07) is 14.1. The summed E-state index contributed by atoms with van der Waals surface area (Å²) in [6.07, 6.45) is 0. The van der Waals surface area contributed by atoms with Crippen LogP contribution in [0.5, 0.6) is 0 Å². The number of halogens is 1. The highest BCUT2D eigenvalue weighted by atomic mass is 35.5. The standard InChI is InChI=1S/C14H14ClNO2S/c1-11-9-13(15)7-8-14(11)19(17,18)16-10-12-5-3-2-4-6-12/h2-9,16H,10H2,1H3. The maximum Gasteiger partial charge on any atom is 0.241 e. The molecule has 2 aromatic rings. The van der Waals surface area contributed by atoms with Crippen molar-refractivity contribution in [3.8, 4) is 0 Å². The first kappa shape index (κ1) is 14.1. The van der Waals surface area contributed by atoms with Crippen molar-refractivity contribution in [2.24, 2.45) is 0 Å². The normalized spacial score (nSPS) is 11.5. The van der Waals surface area contributed by atoms with E-state index < -0.39 is 10.0 Å². The summed E-state index contributed by atoms with van der Waals surface area (Å²) in [4.78, 5) is 0.257. The second-order valence-corrected chi connectivity index (χ2v) is 6.39. The molecule has 0 aliphatic rings. The molecule has 0 radical (unpaired) electrons. The van der Waals surface area contributed by atoms with Crippen LogP contribution in [-0.4, -0.2) is 8.42 Å². The van der Waals surface area contributed by atoms with E-state index in [9.17, 15) is 8.42 Å². The van der Waals surface area contributed by atoms with Gasteiger partial charge in [0.05, 0.1) is 4.90 Å². The minimum absolute atomic E-state index is 0.257. The first-order valence-corrected chi connectivity index (χ1v) is 7.65. The molecule has 0 bridgehead atoms. The van der Waals surface area contributed by atoms with Crippen molar-refractivity contribution >= 4 is 21.6 Å². The summed E-state index contributed by atoms with van der Waals surface area (Å²) in [5, 5.41) is 0.527. The fourth-order valence-corrected chi connectivity index (χ4v) is 3.24. The number of rotatable bonds is 4. The minimum Gasteiger partial charge on any atom is -0.207 e. The van der Waals surface area contributed by atoms with Gasteiger partial charge < -0.3 is 0 Å². The number of aryl methyl sites for hydroxylation is 1. The lowest BCUT2D eigenvalue weighted by atomic mass is 10.2. The molecule has 1 N–H and O–H groups in total. The van der Waals surface area contributed by atoms with Crippen LogP contribution in [0.15, 0.2) is 53.4 Å². The molecule has 3 nitrogen and oxygen atoms in total. The Balaban J connectivity index is 2.19. The Hall–Kier alpha value is -1.36. The molecule has 0 aromatic heterocycles. The Morgan fingerprint density at radius 1 is 1.11 bits per heavy atom. The van der Waals surface area contributed by atoms with Gasteiger partial charge in [0.1, 0.15) is 0 Å². The van der Waals surface area contributed by atoms with Gasteiger partial charge in [0.2, 0.25) is 10.0 Å². The molecule has 0 saturated heterocycles. The van der Waals surface area contributed by atoms with Gasteiger partial charge in [-0.3, -0.25) is 0 Å². The lowest BCUT2D eigenvalue weighted by Gasteiger charge is -2.09. The van der Waals surface area contributed by atoms with Crippen molar-refractivity contribution in [2.45, 2.75) is 18.4 Å². The second-order valence-electron chi connectivity index (χ2n) is 4.22. The molecule has 0 spiro atoms. The lowest BCUT2D eigenvalue weighted by molar-refractivity contribution is 0.580. The summed E-state index contributed by atoms with van der Waals surface area (Å²) < 4.78 is 26.9. The lowest BCUT2D eigenvalue weighted by Crippen LogP contribution is -2.23. The van der Waals surface area contributed by atoms with E-state index in [0.29, 0.717) is 10.6 Å². The summed E-state index contributed by atoms with van der Waals surface area (Å²) in [7, 11) is -3.51. The third kappa shape index (κ3) is 3.56. The molecule has 0 unspecified atom stereocenters. The number of benzene rings is 2. The number of hydrogen-bond donors (Lipinski definition) is 1. The van der Waals surface area contributed by atoms with Crippen LogP contribution in [0.2, 0.25) is 5.02 Å². The molecule has 0 aliphatic heterocycles. The Morgan fingerprint density at radius 2 is 1.79 bits per heavy atom. The second kappa shape index (κ2) is 5.74. The van der Waals surface area contributed by atoms with Gasteiger partial charge in [0, 0.05) is 11.6 Å². The first-order valence-electron chi connectivity index (χ1n) is 5.79. The van der Waals surface area contributed by atoms with Crippen LogP contribution in [0.4, 0.5) is 0 Å². The van der Waals surface area contributed by atoms with Crippen molar-refractivity contribution in [1.29, 1.82) is 0 Å². The molecule has 0 atom stereocenters. The SMILES string of the molecule is Cc1cc(Cl)ccc1S(=O)(=O)NCc1ccccc1. The highest BCUT2D eigenvalue weighted by molar-refractivity contribution is 7.89. The Labute approximate surface area is 118 Å². The van der Waals surface area contributed by atoms with Gasteiger partial charge in [0.25, 0.3) is 0 Å². The Kier molecular flexibility index (Phi) is 4.24. The van der Waals surface area contributed by atoms with Crippen LogP contribution < -0.4 is 4.72 Å². The summed E-state index contributed by atoms with van der Waals surface area (Å²) >= 11 is 5.82. The van der Waals surface area contributed by atoms with Crippen molar-refractivity contribution in [3.63, 3.8) is 0 Å². The van der Waals surface area contributed by atoms with E-state index in [-0.39, 0.29) is 11.4 Å². The molecule has 0 amide bonds. The van der Waals surface area contributed by atoms with Gasteiger partial charge in [0.15, 0.2) is 0 Å². The number of hydrogen-bond acceptors (Lipinski definition) is 2. The molecule has 5 heteroatoms. The van der Waals surface area contributed by atoms with Gasteiger partial charge in [-0.25, -0.2) is 13.1 Å². The van der Waals surface area contributed by atoms with Crippen molar-refractivity contribution in [2.75, 3.05) is 0 Å². The Bertz CT molecular complexity index is 669. The third-order valence-corrected chi connectivity index (χ3v) is 4.53. The molecule has 0 fully saturated rings. The van der Waals surface area contributed by atoms with E-state index >= 15 is 0 Å². The quantitative estimate of drug-likeness (QED) is 0.942. The minimum atomic E-state index is -3.51. The maximum atomic E-state index is 12.2. The highest BCUT2D eigenvalue weighted by Gasteiger charge is 2.16. The summed E-state index contributed by atoms with van der Waals surface area (Å²) in [5.41, 5.74) is 1.55. The van der Waals surface area contributed by atoms with Crippen molar-refractivity contribution in [3.05, 3.63) is 64.7 Å². The van der Waals surface area contributed by atoms with Crippen LogP contribution >= 0.6 is 11.6 Å². The fraction of sp³-hybridized carbons (Fsp3) is 0.143. The fourth-order valence-electron chi connectivity index (χ4n) is 1.77. The van der Waals surface area contributed by atoms with Crippen LogP contribution in [0.3, 0.4) is 0 Å². The molecule has 2 rings (SSSR count). The van der Waals surface area contributed by atoms with E-state index in [1.54, 1.807) is 19.1 Å². The maximum absolute atomic E-state index is 12.2. The van der Waals surface area contributed by atoms with Crippen LogP contribution in [0, 0.1) is 6.92 Å². The summed E-state index contributed by atoms with van der Waals surface area (Å²) in [5.74, 6) is 0. The topological polar surface area (TPSA) is 46.2 Å². The largest absolute Gasteiger partial charge is 0.241 e. The predicted molar refractivity (Wildman–Crippen MR) is 76.7 cm³/mol. The van der Waals surface area contributed by atoms with Gasteiger partial charge in [-0.2, -0.15) is 0 Å². The molecular formula is C14H14ClNO2S. The Morgan fingerprint density at radius 3 is 2.42 bits per heavy atom. The molecule has 0 saturated carbocycles. The highest BCUT2D eigenvalue weighted by Crippen LogP contribution is 2.19. The van der Waals surface area contributed by atoms with E-state index in [2.05, 4.69) is 4.72 Å². The zero-order valence-corrected chi connectivity index (χ0v) is 12.0. The van der Waals surface area contributed by atoms with E-state index in [0.717, 1.165) is 5.56 Å². The first-order chi connectivity index (χ1) is 8.99. The number of nitrogens with one attached hydrogen (secondary N) is 1. The van der Waals surface area contributed by atoms with Gasteiger partial charge in [-0.1, -0.05) is 41.9 Å².